The molecule has 7 heteroatoms. The fraction of sp³-hybridized carbons (Fsp3) is 0.692. The molecule has 1 saturated heterocycles. The van der Waals surface area contributed by atoms with Crippen LogP contribution in [0.1, 0.15) is 49.7 Å². The molecule has 4 atom stereocenters. The van der Waals surface area contributed by atoms with E-state index >= 15 is 0 Å². The molecule has 0 aromatic heterocycles. The lowest BCUT2D eigenvalue weighted by Gasteiger charge is -2.62. The average Bonchev–Trinajstić information content (AvgIpc) is 3.71. The Bertz CT molecular complexity index is 1050. The van der Waals surface area contributed by atoms with Gasteiger partial charge in [0.25, 0.3) is 0 Å². The van der Waals surface area contributed by atoms with E-state index in [0.29, 0.717) is 25.3 Å². The molecule has 3 fully saturated rings. The molecular weight excluding hydrogens is 420 g/mol. The van der Waals surface area contributed by atoms with E-state index in [2.05, 4.69) is 10.2 Å². The van der Waals surface area contributed by atoms with Crippen molar-refractivity contribution in [2.45, 2.75) is 73.6 Å². The number of aliphatic hydroxyl groups is 2. The van der Waals surface area contributed by atoms with Gasteiger partial charge in [-0.2, -0.15) is 0 Å². The Hall–Kier alpha value is -1.80. The van der Waals surface area contributed by atoms with E-state index < -0.39 is 17.1 Å². The first kappa shape index (κ1) is 20.6. The van der Waals surface area contributed by atoms with Gasteiger partial charge in [0.2, 0.25) is 0 Å². The number of ether oxygens (including phenoxy) is 2. The monoisotopic (exact) mass is 454 g/mol. The lowest BCUT2D eigenvalue weighted by Crippen LogP contribution is -2.75. The van der Waals surface area contributed by atoms with Crippen LogP contribution in [-0.4, -0.2) is 76.9 Å². The number of nitrogens with zero attached hydrogens (tertiary/aromatic N) is 1. The van der Waals surface area contributed by atoms with Crippen molar-refractivity contribution >= 4 is 0 Å². The molecule has 2 aliphatic heterocycles. The molecule has 7 rings (SSSR count). The van der Waals surface area contributed by atoms with Crippen molar-refractivity contribution in [3.8, 4) is 11.5 Å². The zero-order valence-electron chi connectivity index (χ0n) is 19.3. The molecule has 0 radical (unpaired) electrons. The van der Waals surface area contributed by atoms with Crippen molar-refractivity contribution < 1.29 is 24.8 Å². The summed E-state index contributed by atoms with van der Waals surface area (Å²) in [5.74, 6) is 1.54. The van der Waals surface area contributed by atoms with Gasteiger partial charge in [-0.05, 0) is 68.2 Å². The molecule has 1 aromatic carbocycles. The molecule has 2 heterocycles. The number of piperidine rings is 1. The summed E-state index contributed by atoms with van der Waals surface area (Å²) in [5, 5.41) is 38.4. The molecule has 7 nitrogen and oxygen atoms in total. The number of phenols is 1. The lowest BCUT2D eigenvalue weighted by atomic mass is 9.49. The predicted molar refractivity (Wildman–Crippen MR) is 122 cm³/mol. The van der Waals surface area contributed by atoms with Crippen LogP contribution in [-0.2, 0) is 16.6 Å². The van der Waals surface area contributed by atoms with E-state index in [1.807, 2.05) is 6.07 Å². The summed E-state index contributed by atoms with van der Waals surface area (Å²) in [5.41, 5.74) is 1.13. The molecular formula is C26H34N2O5. The number of nitrogens with one attached hydrogen (secondary N) is 1. The minimum atomic E-state index is -1.04. The fourth-order valence-electron chi connectivity index (χ4n) is 7.50. The second kappa shape index (κ2) is 6.66. The largest absolute Gasteiger partial charge is 0.508 e. The standard InChI is InChI=1S/C26H34N2O5/c1-32-14-24(6-7-24)27-12-17-11-26(31)19-10-16-4-5-18(29)22-20(16)25(26,23(33-22)21(17)30)8-9-28(19)13-15-2-3-15/h4-5,15,19,23,27,29-31H,2-3,6-14H2,1H3/t19-,23+,25+,26-/m1/s1. The van der Waals surface area contributed by atoms with Crippen molar-refractivity contribution in [2.24, 2.45) is 5.92 Å². The van der Waals surface area contributed by atoms with Gasteiger partial charge in [0, 0.05) is 43.8 Å². The maximum atomic E-state index is 12.6. The third kappa shape index (κ3) is 2.65. The van der Waals surface area contributed by atoms with Crippen LogP contribution in [0.3, 0.4) is 0 Å². The minimum Gasteiger partial charge on any atom is -0.508 e. The van der Waals surface area contributed by atoms with Crippen LogP contribution >= 0.6 is 0 Å². The van der Waals surface area contributed by atoms with Gasteiger partial charge in [-0.15, -0.1) is 0 Å². The first-order valence-electron chi connectivity index (χ1n) is 12.5. The van der Waals surface area contributed by atoms with Crippen LogP contribution in [0.5, 0.6) is 11.5 Å². The SMILES string of the molecule is COCC1(NCC2=C(O)[C@@H]3Oc4c(O)ccc5c4[C@@]34CCN(CC3CC3)[C@H](C5)[C@]4(O)C2)CC1. The number of rotatable bonds is 7. The molecule has 0 unspecified atom stereocenters. The van der Waals surface area contributed by atoms with Gasteiger partial charge in [-0.1, -0.05) is 6.07 Å². The Morgan fingerprint density at radius 1 is 1.21 bits per heavy atom. The number of likely N-dealkylation sites (tertiary alicyclic amines) is 1. The zero-order valence-corrected chi connectivity index (χ0v) is 19.3. The van der Waals surface area contributed by atoms with E-state index in [0.717, 1.165) is 61.4 Å². The molecule has 178 valence electrons. The molecule has 2 saturated carbocycles. The van der Waals surface area contributed by atoms with Gasteiger partial charge in [0.05, 0.1) is 17.6 Å². The molecule has 4 aliphatic carbocycles. The lowest BCUT2D eigenvalue weighted by molar-refractivity contribution is -0.171. The van der Waals surface area contributed by atoms with Crippen LogP contribution < -0.4 is 10.1 Å². The van der Waals surface area contributed by atoms with Crippen LogP contribution in [0.4, 0.5) is 0 Å². The van der Waals surface area contributed by atoms with Crippen molar-refractivity contribution in [3.05, 3.63) is 34.6 Å². The van der Waals surface area contributed by atoms with Crippen molar-refractivity contribution in [3.63, 3.8) is 0 Å². The van der Waals surface area contributed by atoms with E-state index in [1.54, 1.807) is 13.2 Å². The fourth-order valence-corrected chi connectivity index (χ4v) is 7.50. The van der Waals surface area contributed by atoms with Gasteiger partial charge in [-0.25, -0.2) is 0 Å². The number of phenolic OH excluding ortho intramolecular Hbond substituents is 1. The van der Waals surface area contributed by atoms with Crippen LogP contribution in [0.15, 0.2) is 23.5 Å². The molecule has 1 aromatic rings. The Balaban J connectivity index is 1.32. The van der Waals surface area contributed by atoms with Crippen LogP contribution in [0, 0.1) is 5.92 Å². The summed E-state index contributed by atoms with van der Waals surface area (Å²) < 4.78 is 11.7. The first-order valence-corrected chi connectivity index (χ1v) is 12.5. The quantitative estimate of drug-likeness (QED) is 0.502. The normalized spacial score (nSPS) is 37.6. The maximum Gasteiger partial charge on any atom is 0.168 e. The van der Waals surface area contributed by atoms with E-state index in [1.165, 1.54) is 12.8 Å². The summed E-state index contributed by atoms with van der Waals surface area (Å²) in [7, 11) is 1.72. The van der Waals surface area contributed by atoms with Gasteiger partial charge < -0.3 is 30.1 Å². The predicted octanol–water partition coefficient (Wildman–Crippen LogP) is 2.15. The Morgan fingerprint density at radius 3 is 2.76 bits per heavy atom. The Labute approximate surface area is 194 Å². The molecule has 1 spiro atoms. The Kier molecular flexibility index (Phi) is 4.15. The highest BCUT2D eigenvalue weighted by atomic mass is 16.5. The highest BCUT2D eigenvalue weighted by Crippen LogP contribution is 2.66. The van der Waals surface area contributed by atoms with E-state index in [-0.39, 0.29) is 23.1 Å². The third-order valence-electron chi connectivity index (χ3n) is 9.56. The summed E-state index contributed by atoms with van der Waals surface area (Å²) in [6.07, 6.45) is 5.92. The van der Waals surface area contributed by atoms with Crippen LogP contribution in [0.25, 0.3) is 0 Å². The number of aliphatic hydroxyl groups excluding tert-OH is 1. The summed E-state index contributed by atoms with van der Waals surface area (Å²) >= 11 is 0. The van der Waals surface area contributed by atoms with Crippen LogP contribution in [0.2, 0.25) is 0 Å². The number of hydrogen-bond donors (Lipinski definition) is 4. The second-order valence-corrected chi connectivity index (χ2v) is 11.5. The highest BCUT2D eigenvalue weighted by molar-refractivity contribution is 5.64. The molecule has 6 aliphatic rings. The second-order valence-electron chi connectivity index (χ2n) is 11.5. The van der Waals surface area contributed by atoms with Crippen molar-refractivity contribution in [2.75, 3.05) is 33.4 Å². The zero-order chi connectivity index (χ0) is 22.6. The number of aromatic hydroxyl groups is 1. The summed E-state index contributed by atoms with van der Waals surface area (Å²) in [6, 6.07) is 3.69. The number of benzene rings is 1. The Morgan fingerprint density at radius 2 is 2.03 bits per heavy atom. The summed E-state index contributed by atoms with van der Waals surface area (Å²) in [6.45, 7) is 3.08. The third-order valence-corrected chi connectivity index (χ3v) is 9.56. The molecule has 2 bridgehead atoms. The topological polar surface area (TPSA) is 94.4 Å². The molecule has 0 amide bonds. The van der Waals surface area contributed by atoms with Gasteiger partial charge in [0.15, 0.2) is 17.6 Å². The van der Waals surface area contributed by atoms with Gasteiger partial charge in [-0.3, -0.25) is 4.90 Å². The first-order chi connectivity index (χ1) is 15.9. The van der Waals surface area contributed by atoms with Gasteiger partial charge >= 0.3 is 0 Å². The molecule has 33 heavy (non-hydrogen) atoms. The average molecular weight is 455 g/mol. The van der Waals surface area contributed by atoms with Crippen molar-refractivity contribution in [1.29, 1.82) is 0 Å². The van der Waals surface area contributed by atoms with Gasteiger partial charge in [0.1, 0.15) is 5.76 Å². The number of methoxy groups -OCH3 is 1. The maximum absolute atomic E-state index is 12.6. The summed E-state index contributed by atoms with van der Waals surface area (Å²) in [4.78, 5) is 2.51. The smallest absolute Gasteiger partial charge is 0.168 e. The number of hydrogen-bond acceptors (Lipinski definition) is 7. The van der Waals surface area contributed by atoms with Crippen molar-refractivity contribution in [1.82, 2.24) is 10.2 Å². The van der Waals surface area contributed by atoms with E-state index in [4.69, 9.17) is 9.47 Å². The highest BCUT2D eigenvalue weighted by Gasteiger charge is 2.73. The minimum absolute atomic E-state index is 0.0158. The van der Waals surface area contributed by atoms with E-state index in [9.17, 15) is 15.3 Å². The molecule has 4 N–H and O–H groups in total.